The zero-order valence-corrected chi connectivity index (χ0v) is 7.92. The minimum atomic E-state index is -0.000787. The third-order valence-electron chi connectivity index (χ3n) is 2.13. The first-order valence-electron chi connectivity index (χ1n) is 4.56. The van der Waals surface area contributed by atoms with Crippen molar-refractivity contribution in [2.24, 2.45) is 5.73 Å². The van der Waals surface area contributed by atoms with Crippen LogP contribution in [0.25, 0.3) is 0 Å². The van der Waals surface area contributed by atoms with E-state index < -0.39 is 0 Å². The van der Waals surface area contributed by atoms with Crippen molar-refractivity contribution in [1.82, 2.24) is 5.32 Å². The van der Waals surface area contributed by atoms with Gasteiger partial charge in [0, 0.05) is 18.2 Å². The van der Waals surface area contributed by atoms with Crippen molar-refractivity contribution in [1.29, 1.82) is 0 Å². The van der Waals surface area contributed by atoms with Crippen LogP contribution in [0.2, 0.25) is 0 Å². The molecule has 0 aromatic carbocycles. The molecule has 0 unspecified atom stereocenters. The number of carbonyl (C=O) groups excluding carboxylic acids is 1. The number of nitrogens with one attached hydrogen (secondary N) is 1. The van der Waals surface area contributed by atoms with Crippen molar-refractivity contribution in [2.75, 3.05) is 6.54 Å². The molecule has 0 saturated heterocycles. The minimum absolute atomic E-state index is 0.000787. The Hall–Kier alpha value is -1.09. The van der Waals surface area contributed by atoms with E-state index in [1.807, 2.05) is 0 Å². The van der Waals surface area contributed by atoms with Crippen molar-refractivity contribution in [2.45, 2.75) is 25.8 Å². The molecule has 0 bridgehead atoms. The highest BCUT2D eigenvalue weighted by atomic mass is 16.1. The standard InChI is InChI=1S/C10H16N2O/c1-8(6-7-11)10(13)12-9-4-2-3-5-9/h2-3,6,9H,4-5,7,11H2,1H3,(H,12,13)/b8-6-. The molecular weight excluding hydrogens is 164 g/mol. The number of amides is 1. The average molecular weight is 180 g/mol. The number of rotatable bonds is 3. The third-order valence-corrected chi connectivity index (χ3v) is 2.13. The van der Waals surface area contributed by atoms with Gasteiger partial charge in [-0.2, -0.15) is 0 Å². The highest BCUT2D eigenvalue weighted by Gasteiger charge is 2.13. The maximum absolute atomic E-state index is 11.4. The second-order valence-electron chi connectivity index (χ2n) is 3.24. The Morgan fingerprint density at radius 3 is 2.77 bits per heavy atom. The third kappa shape index (κ3) is 3.03. The highest BCUT2D eigenvalue weighted by Crippen LogP contribution is 2.09. The van der Waals surface area contributed by atoms with Crippen LogP contribution in [0.1, 0.15) is 19.8 Å². The van der Waals surface area contributed by atoms with Crippen molar-refractivity contribution >= 4 is 5.91 Å². The van der Waals surface area contributed by atoms with Gasteiger partial charge < -0.3 is 11.1 Å². The van der Waals surface area contributed by atoms with Crippen LogP contribution in [0.4, 0.5) is 0 Å². The molecule has 0 saturated carbocycles. The zero-order valence-electron chi connectivity index (χ0n) is 7.92. The lowest BCUT2D eigenvalue weighted by atomic mass is 10.2. The minimum Gasteiger partial charge on any atom is -0.349 e. The normalized spacial score (nSPS) is 17.8. The van der Waals surface area contributed by atoms with Crippen LogP contribution >= 0.6 is 0 Å². The van der Waals surface area contributed by atoms with Gasteiger partial charge in [0.2, 0.25) is 5.91 Å². The molecule has 0 radical (unpaired) electrons. The Morgan fingerprint density at radius 2 is 2.23 bits per heavy atom. The van der Waals surface area contributed by atoms with Crippen LogP contribution in [-0.4, -0.2) is 18.5 Å². The van der Waals surface area contributed by atoms with E-state index in [2.05, 4.69) is 17.5 Å². The van der Waals surface area contributed by atoms with Crippen LogP contribution in [0.5, 0.6) is 0 Å². The summed E-state index contributed by atoms with van der Waals surface area (Å²) in [6.07, 6.45) is 7.81. The van der Waals surface area contributed by atoms with E-state index in [9.17, 15) is 4.79 Å². The molecule has 3 N–H and O–H groups in total. The van der Waals surface area contributed by atoms with Crippen LogP contribution in [-0.2, 0) is 4.79 Å². The molecule has 3 heteroatoms. The SMILES string of the molecule is C/C(=C/CN)C(=O)NC1CC=CC1. The Bertz CT molecular complexity index is 235. The summed E-state index contributed by atoms with van der Waals surface area (Å²) in [5, 5.41) is 2.94. The van der Waals surface area contributed by atoms with Gasteiger partial charge in [0.1, 0.15) is 0 Å². The van der Waals surface area contributed by atoms with Crippen LogP contribution in [0, 0.1) is 0 Å². The Morgan fingerprint density at radius 1 is 1.62 bits per heavy atom. The van der Waals surface area contributed by atoms with Gasteiger partial charge in [-0.25, -0.2) is 0 Å². The van der Waals surface area contributed by atoms with Crippen LogP contribution < -0.4 is 11.1 Å². The number of hydrogen-bond donors (Lipinski definition) is 2. The Kier molecular flexibility index (Phi) is 3.71. The monoisotopic (exact) mass is 180 g/mol. The summed E-state index contributed by atoms with van der Waals surface area (Å²) in [5.41, 5.74) is 6.01. The van der Waals surface area contributed by atoms with Gasteiger partial charge in [-0.15, -0.1) is 0 Å². The summed E-state index contributed by atoms with van der Waals surface area (Å²) >= 11 is 0. The lowest BCUT2D eigenvalue weighted by Gasteiger charge is -2.11. The van der Waals surface area contributed by atoms with Crippen LogP contribution in [0.15, 0.2) is 23.8 Å². The molecule has 0 atom stereocenters. The summed E-state index contributed by atoms with van der Waals surface area (Å²) in [5.74, 6) is -0.000787. The Labute approximate surface area is 78.7 Å². The smallest absolute Gasteiger partial charge is 0.246 e. The molecule has 1 aliphatic rings. The van der Waals surface area contributed by atoms with Gasteiger partial charge in [-0.05, 0) is 19.8 Å². The largest absolute Gasteiger partial charge is 0.349 e. The summed E-state index contributed by atoms with van der Waals surface area (Å²) in [6, 6.07) is 0.286. The predicted molar refractivity (Wildman–Crippen MR) is 53.1 cm³/mol. The molecule has 0 spiro atoms. The molecular formula is C10H16N2O. The van der Waals surface area contributed by atoms with Crippen molar-refractivity contribution in [3.8, 4) is 0 Å². The molecule has 0 heterocycles. The fourth-order valence-electron chi connectivity index (χ4n) is 1.30. The molecule has 1 aliphatic carbocycles. The fourth-order valence-corrected chi connectivity index (χ4v) is 1.30. The number of carbonyl (C=O) groups is 1. The first-order chi connectivity index (χ1) is 6.24. The topological polar surface area (TPSA) is 55.1 Å². The molecule has 1 rings (SSSR count). The first-order valence-corrected chi connectivity index (χ1v) is 4.56. The molecule has 3 nitrogen and oxygen atoms in total. The second-order valence-corrected chi connectivity index (χ2v) is 3.24. The molecule has 13 heavy (non-hydrogen) atoms. The molecule has 0 aromatic heterocycles. The summed E-state index contributed by atoms with van der Waals surface area (Å²) in [4.78, 5) is 11.4. The summed E-state index contributed by atoms with van der Waals surface area (Å²) in [6.45, 7) is 2.20. The van der Waals surface area contributed by atoms with E-state index in [-0.39, 0.29) is 11.9 Å². The zero-order chi connectivity index (χ0) is 9.68. The van der Waals surface area contributed by atoms with Crippen LogP contribution in [0.3, 0.4) is 0 Å². The van der Waals surface area contributed by atoms with Crippen molar-refractivity contribution in [3.05, 3.63) is 23.8 Å². The van der Waals surface area contributed by atoms with Gasteiger partial charge in [-0.1, -0.05) is 18.2 Å². The molecule has 72 valence electrons. The van der Waals surface area contributed by atoms with Gasteiger partial charge >= 0.3 is 0 Å². The van der Waals surface area contributed by atoms with Crippen molar-refractivity contribution in [3.63, 3.8) is 0 Å². The van der Waals surface area contributed by atoms with Gasteiger partial charge in [0.15, 0.2) is 0 Å². The van der Waals surface area contributed by atoms with E-state index >= 15 is 0 Å². The molecule has 0 aliphatic heterocycles. The van der Waals surface area contributed by atoms with Gasteiger partial charge in [-0.3, -0.25) is 4.79 Å². The fraction of sp³-hybridized carbons (Fsp3) is 0.500. The maximum Gasteiger partial charge on any atom is 0.246 e. The van der Waals surface area contributed by atoms with Crippen molar-refractivity contribution < 1.29 is 4.79 Å². The molecule has 0 aromatic rings. The molecule has 0 fully saturated rings. The quantitative estimate of drug-likeness (QED) is 0.497. The highest BCUT2D eigenvalue weighted by molar-refractivity contribution is 5.93. The van der Waals surface area contributed by atoms with Gasteiger partial charge in [0.25, 0.3) is 0 Å². The number of nitrogens with two attached hydrogens (primary N) is 1. The van der Waals surface area contributed by atoms with E-state index in [1.54, 1.807) is 13.0 Å². The average Bonchev–Trinajstić information content (AvgIpc) is 2.57. The van der Waals surface area contributed by atoms with E-state index in [0.29, 0.717) is 12.1 Å². The second kappa shape index (κ2) is 4.82. The predicted octanol–water partition coefficient (Wildman–Crippen LogP) is 0.726. The maximum atomic E-state index is 11.4. The van der Waals surface area contributed by atoms with E-state index in [4.69, 9.17) is 5.73 Å². The first kappa shape index (κ1) is 9.99. The summed E-state index contributed by atoms with van der Waals surface area (Å²) < 4.78 is 0. The lowest BCUT2D eigenvalue weighted by Crippen LogP contribution is -2.33. The molecule has 1 amide bonds. The van der Waals surface area contributed by atoms with E-state index in [0.717, 1.165) is 12.8 Å². The van der Waals surface area contributed by atoms with E-state index in [1.165, 1.54) is 0 Å². The van der Waals surface area contributed by atoms with Gasteiger partial charge in [0.05, 0.1) is 0 Å². The lowest BCUT2D eigenvalue weighted by molar-refractivity contribution is -0.118. The summed E-state index contributed by atoms with van der Waals surface area (Å²) in [7, 11) is 0. The number of hydrogen-bond acceptors (Lipinski definition) is 2. The Balaban J connectivity index is 2.36.